The molecule has 0 spiro atoms. The lowest BCUT2D eigenvalue weighted by molar-refractivity contribution is -0.270. The summed E-state index contributed by atoms with van der Waals surface area (Å²) >= 11 is 0. The third-order valence-corrected chi connectivity index (χ3v) is 2.76. The number of amides is 1. The first-order valence-electron chi connectivity index (χ1n) is 5.04. The highest BCUT2D eigenvalue weighted by Crippen LogP contribution is 2.36. The Hall–Kier alpha value is -1.41. The largest absolute Gasteiger partial charge is 0.481 e. The summed E-state index contributed by atoms with van der Waals surface area (Å²) in [6.07, 6.45) is -5.90. The number of alkyl halides is 5. The summed E-state index contributed by atoms with van der Waals surface area (Å²) < 4.78 is 60.7. The average Bonchev–Trinajstić information content (AvgIpc) is 2.64. The van der Waals surface area contributed by atoms with Gasteiger partial charge < -0.3 is 10.4 Å². The smallest absolute Gasteiger partial charge is 0.463 e. The van der Waals surface area contributed by atoms with Crippen molar-refractivity contribution in [1.82, 2.24) is 5.32 Å². The van der Waals surface area contributed by atoms with Crippen molar-refractivity contribution in [1.29, 1.82) is 0 Å². The van der Waals surface area contributed by atoms with Gasteiger partial charge in [0.25, 0.3) is 0 Å². The van der Waals surface area contributed by atoms with E-state index in [1.807, 2.05) is 0 Å². The number of rotatable bonds is 3. The normalized spacial score (nSPS) is 24.9. The Labute approximate surface area is 98.1 Å². The Bertz CT molecular complexity index is 355. The number of halogens is 5. The van der Waals surface area contributed by atoms with Gasteiger partial charge in [0, 0.05) is 6.04 Å². The van der Waals surface area contributed by atoms with Crippen LogP contribution in [0.25, 0.3) is 0 Å². The van der Waals surface area contributed by atoms with Gasteiger partial charge in [-0.3, -0.25) is 9.59 Å². The van der Waals surface area contributed by atoms with E-state index in [1.165, 1.54) is 5.32 Å². The molecule has 9 heteroatoms. The van der Waals surface area contributed by atoms with Crippen LogP contribution in [-0.2, 0) is 9.59 Å². The number of nitrogens with one attached hydrogen (secondary N) is 1. The van der Waals surface area contributed by atoms with Crippen LogP contribution < -0.4 is 5.32 Å². The number of carbonyl (C=O) groups excluding carboxylic acids is 1. The van der Waals surface area contributed by atoms with Gasteiger partial charge in [-0.25, -0.2) is 0 Å². The van der Waals surface area contributed by atoms with Crippen LogP contribution in [0.3, 0.4) is 0 Å². The van der Waals surface area contributed by atoms with Crippen molar-refractivity contribution in [2.75, 3.05) is 0 Å². The zero-order valence-corrected chi connectivity index (χ0v) is 8.93. The van der Waals surface area contributed by atoms with Crippen LogP contribution in [-0.4, -0.2) is 35.1 Å². The number of carbonyl (C=O) groups is 2. The van der Waals surface area contributed by atoms with Crippen LogP contribution in [0.4, 0.5) is 22.0 Å². The average molecular weight is 275 g/mol. The van der Waals surface area contributed by atoms with Crippen LogP contribution in [0.2, 0.25) is 0 Å². The molecule has 0 heterocycles. The summed E-state index contributed by atoms with van der Waals surface area (Å²) in [5.41, 5.74) is 0. The second kappa shape index (κ2) is 4.69. The van der Waals surface area contributed by atoms with Gasteiger partial charge in [-0.15, -0.1) is 0 Å². The van der Waals surface area contributed by atoms with Crippen molar-refractivity contribution in [2.45, 2.75) is 37.4 Å². The Balaban J connectivity index is 2.60. The molecule has 2 atom stereocenters. The minimum atomic E-state index is -5.96. The molecule has 0 bridgehead atoms. The second-order valence-electron chi connectivity index (χ2n) is 4.09. The molecule has 0 aliphatic heterocycles. The Morgan fingerprint density at radius 2 is 1.67 bits per heavy atom. The van der Waals surface area contributed by atoms with Gasteiger partial charge in [0.2, 0.25) is 0 Å². The van der Waals surface area contributed by atoms with Crippen LogP contribution in [0.1, 0.15) is 19.3 Å². The van der Waals surface area contributed by atoms with E-state index >= 15 is 0 Å². The Morgan fingerprint density at radius 1 is 1.11 bits per heavy atom. The number of hydrogen-bond donors (Lipinski definition) is 2. The molecule has 1 aliphatic carbocycles. The predicted octanol–water partition coefficient (Wildman–Crippen LogP) is 1.55. The summed E-state index contributed by atoms with van der Waals surface area (Å²) in [5.74, 6) is -9.89. The molecule has 0 saturated heterocycles. The number of carboxylic acid groups (broad SMARTS) is 1. The Morgan fingerprint density at radius 3 is 2.06 bits per heavy atom. The highest BCUT2D eigenvalue weighted by atomic mass is 19.4. The van der Waals surface area contributed by atoms with E-state index in [-0.39, 0.29) is 19.3 Å². The van der Waals surface area contributed by atoms with E-state index in [1.54, 1.807) is 0 Å². The third kappa shape index (κ3) is 2.88. The highest BCUT2D eigenvalue weighted by Gasteiger charge is 2.63. The lowest BCUT2D eigenvalue weighted by Gasteiger charge is -2.21. The Kier molecular flexibility index (Phi) is 3.82. The maximum Gasteiger partial charge on any atom is 0.463 e. The first-order chi connectivity index (χ1) is 8.05. The van der Waals surface area contributed by atoms with Crippen molar-refractivity contribution in [2.24, 2.45) is 5.92 Å². The van der Waals surface area contributed by atoms with E-state index in [4.69, 9.17) is 5.11 Å². The minimum absolute atomic E-state index is 0.0661. The second-order valence-corrected chi connectivity index (χ2v) is 4.09. The number of aliphatic carboxylic acids is 1. The quantitative estimate of drug-likeness (QED) is 0.768. The van der Waals surface area contributed by atoms with Crippen LogP contribution in [0, 0.1) is 5.92 Å². The third-order valence-electron chi connectivity index (χ3n) is 2.76. The number of hydrogen-bond acceptors (Lipinski definition) is 2. The minimum Gasteiger partial charge on any atom is -0.481 e. The van der Waals surface area contributed by atoms with Crippen molar-refractivity contribution < 1.29 is 36.6 Å². The zero-order chi connectivity index (χ0) is 14.1. The van der Waals surface area contributed by atoms with E-state index < -0.39 is 35.9 Å². The van der Waals surface area contributed by atoms with E-state index in [0.29, 0.717) is 0 Å². The van der Waals surface area contributed by atoms with Gasteiger partial charge in [-0.1, -0.05) is 0 Å². The van der Waals surface area contributed by atoms with Gasteiger partial charge in [0.1, 0.15) is 0 Å². The molecule has 2 unspecified atom stereocenters. The van der Waals surface area contributed by atoms with Gasteiger partial charge in [-0.05, 0) is 19.3 Å². The maximum absolute atomic E-state index is 12.6. The summed E-state index contributed by atoms with van der Waals surface area (Å²) in [5, 5.41) is 10.2. The standard InChI is InChI=1S/C9H10F5NO3/c10-8(11,9(12,13)14)7(18)15-5-2-1-4(3-5)6(16)17/h4-5H,1-3H2,(H,15,18)(H,16,17). The molecule has 1 aliphatic rings. The number of carboxylic acids is 1. The molecule has 1 saturated carbocycles. The molecule has 104 valence electrons. The summed E-state index contributed by atoms with van der Waals surface area (Å²) in [6, 6.07) is -0.966. The van der Waals surface area contributed by atoms with Crippen LogP contribution in [0.15, 0.2) is 0 Å². The molecule has 0 radical (unpaired) electrons. The SMILES string of the molecule is O=C(O)C1CCC(NC(=O)C(F)(F)C(F)(F)F)C1. The maximum atomic E-state index is 12.6. The van der Waals surface area contributed by atoms with E-state index in [0.717, 1.165) is 0 Å². The molecule has 0 aromatic carbocycles. The summed E-state index contributed by atoms with van der Waals surface area (Å²) in [6.45, 7) is 0. The molecule has 2 N–H and O–H groups in total. The first-order valence-corrected chi connectivity index (χ1v) is 5.04. The van der Waals surface area contributed by atoms with Crippen molar-refractivity contribution in [3.8, 4) is 0 Å². The fraction of sp³-hybridized carbons (Fsp3) is 0.778. The molecule has 4 nitrogen and oxygen atoms in total. The molecule has 0 aromatic heterocycles. The summed E-state index contributed by atoms with van der Waals surface area (Å²) in [7, 11) is 0. The monoisotopic (exact) mass is 275 g/mol. The van der Waals surface area contributed by atoms with Crippen LogP contribution >= 0.6 is 0 Å². The van der Waals surface area contributed by atoms with Crippen LogP contribution in [0.5, 0.6) is 0 Å². The lowest BCUT2D eigenvalue weighted by Crippen LogP contribution is -2.52. The van der Waals surface area contributed by atoms with Crippen molar-refractivity contribution in [3.05, 3.63) is 0 Å². The summed E-state index contributed by atoms with van der Waals surface area (Å²) in [4.78, 5) is 21.4. The van der Waals surface area contributed by atoms with E-state index in [9.17, 15) is 31.5 Å². The molecule has 1 amide bonds. The predicted molar refractivity (Wildman–Crippen MR) is 47.9 cm³/mol. The molecule has 1 fully saturated rings. The molecule has 0 aromatic rings. The topological polar surface area (TPSA) is 66.4 Å². The first kappa shape index (κ1) is 14.7. The highest BCUT2D eigenvalue weighted by molar-refractivity contribution is 5.84. The fourth-order valence-corrected chi connectivity index (χ4v) is 1.74. The van der Waals surface area contributed by atoms with Gasteiger partial charge in [0.05, 0.1) is 5.92 Å². The molecule has 18 heavy (non-hydrogen) atoms. The molecular formula is C9H10F5NO3. The molecular weight excluding hydrogens is 265 g/mol. The van der Waals surface area contributed by atoms with Gasteiger partial charge in [-0.2, -0.15) is 22.0 Å². The van der Waals surface area contributed by atoms with Gasteiger partial charge in [0.15, 0.2) is 0 Å². The van der Waals surface area contributed by atoms with Crippen molar-refractivity contribution in [3.63, 3.8) is 0 Å². The van der Waals surface area contributed by atoms with Gasteiger partial charge >= 0.3 is 24.0 Å². The fourth-order valence-electron chi connectivity index (χ4n) is 1.74. The zero-order valence-electron chi connectivity index (χ0n) is 8.93. The lowest BCUT2D eigenvalue weighted by atomic mass is 10.1. The van der Waals surface area contributed by atoms with Crippen molar-refractivity contribution >= 4 is 11.9 Å². The molecule has 1 rings (SSSR count). The van der Waals surface area contributed by atoms with E-state index in [2.05, 4.69) is 0 Å².